The minimum atomic E-state index is -0.161. The van der Waals surface area contributed by atoms with E-state index in [4.69, 9.17) is 4.74 Å². The second kappa shape index (κ2) is 5.48. The molecule has 0 spiro atoms. The maximum absolute atomic E-state index is 12.2. The van der Waals surface area contributed by atoms with E-state index in [0.29, 0.717) is 11.3 Å². The minimum Gasteiger partial charge on any atom is -0.496 e. The number of rotatable bonds is 3. The molecule has 5 heteroatoms. The van der Waals surface area contributed by atoms with Crippen LogP contribution in [0.1, 0.15) is 21.7 Å². The van der Waals surface area contributed by atoms with Crippen LogP contribution in [0, 0.1) is 13.8 Å². The van der Waals surface area contributed by atoms with E-state index in [1.165, 1.54) is 0 Å². The van der Waals surface area contributed by atoms with E-state index in [1.807, 2.05) is 26.0 Å². The molecule has 0 bridgehead atoms. The van der Waals surface area contributed by atoms with Gasteiger partial charge in [0, 0.05) is 17.0 Å². The number of benzene rings is 1. The number of aryl methyl sites for hydroxylation is 2. The average Bonchev–Trinajstić information content (AvgIpc) is 2.70. The Hall–Kier alpha value is -1.75. The lowest BCUT2D eigenvalue weighted by atomic mass is 10.2. The fourth-order valence-electron chi connectivity index (χ4n) is 1.82. The van der Waals surface area contributed by atoms with E-state index < -0.39 is 0 Å². The van der Waals surface area contributed by atoms with E-state index in [0.717, 1.165) is 15.9 Å². The fourth-order valence-corrected chi connectivity index (χ4v) is 2.36. The number of nitrogens with one attached hydrogen (secondary N) is 1. The van der Waals surface area contributed by atoms with Crippen LogP contribution in [0.15, 0.2) is 34.8 Å². The summed E-state index contributed by atoms with van der Waals surface area (Å²) in [5, 5.41) is 0. The van der Waals surface area contributed by atoms with Crippen LogP contribution in [0.2, 0.25) is 0 Å². The van der Waals surface area contributed by atoms with Gasteiger partial charge in [-0.1, -0.05) is 0 Å². The SMILES string of the molecule is COc1ccc(C(=O)Nn2c(C)ccc2C)cc1Br. The van der Waals surface area contributed by atoms with Crippen molar-refractivity contribution < 1.29 is 9.53 Å². The van der Waals surface area contributed by atoms with Gasteiger partial charge in [-0.25, -0.2) is 0 Å². The quantitative estimate of drug-likeness (QED) is 0.942. The third-order valence-electron chi connectivity index (χ3n) is 2.90. The molecule has 0 saturated carbocycles. The van der Waals surface area contributed by atoms with E-state index in [-0.39, 0.29) is 5.91 Å². The molecule has 0 unspecified atom stereocenters. The molecule has 2 rings (SSSR count). The second-order valence-electron chi connectivity index (χ2n) is 4.24. The van der Waals surface area contributed by atoms with Crippen molar-refractivity contribution in [2.75, 3.05) is 12.5 Å². The zero-order valence-electron chi connectivity index (χ0n) is 11.0. The first kappa shape index (κ1) is 13.7. The molecule has 2 aromatic rings. The highest BCUT2D eigenvalue weighted by atomic mass is 79.9. The fraction of sp³-hybridized carbons (Fsp3) is 0.214. The molecule has 0 aliphatic rings. The highest BCUT2D eigenvalue weighted by Gasteiger charge is 2.10. The van der Waals surface area contributed by atoms with Crippen molar-refractivity contribution in [3.8, 4) is 5.75 Å². The van der Waals surface area contributed by atoms with Crippen molar-refractivity contribution in [3.05, 3.63) is 51.8 Å². The van der Waals surface area contributed by atoms with Gasteiger partial charge in [0.2, 0.25) is 0 Å². The number of carbonyl (C=O) groups excluding carboxylic acids is 1. The smallest absolute Gasteiger partial charge is 0.270 e. The Morgan fingerprint density at radius 3 is 2.37 bits per heavy atom. The number of aromatic nitrogens is 1. The predicted molar refractivity (Wildman–Crippen MR) is 78.3 cm³/mol. The molecule has 0 radical (unpaired) electrons. The molecule has 1 heterocycles. The molecule has 0 fully saturated rings. The highest BCUT2D eigenvalue weighted by Crippen LogP contribution is 2.25. The summed E-state index contributed by atoms with van der Waals surface area (Å²) in [5.74, 6) is 0.538. The Morgan fingerprint density at radius 1 is 1.21 bits per heavy atom. The number of methoxy groups -OCH3 is 1. The van der Waals surface area contributed by atoms with Crippen molar-refractivity contribution >= 4 is 21.8 Å². The van der Waals surface area contributed by atoms with E-state index in [9.17, 15) is 4.79 Å². The first-order valence-electron chi connectivity index (χ1n) is 5.83. The number of halogens is 1. The summed E-state index contributed by atoms with van der Waals surface area (Å²) < 4.78 is 7.66. The van der Waals surface area contributed by atoms with Crippen LogP contribution in [-0.4, -0.2) is 17.7 Å². The lowest BCUT2D eigenvalue weighted by Gasteiger charge is -2.12. The second-order valence-corrected chi connectivity index (χ2v) is 5.10. The molecule has 0 aliphatic heterocycles. The zero-order valence-corrected chi connectivity index (χ0v) is 12.6. The van der Waals surface area contributed by atoms with Gasteiger partial charge in [0.05, 0.1) is 11.6 Å². The maximum Gasteiger partial charge on any atom is 0.270 e. The van der Waals surface area contributed by atoms with Crippen LogP contribution in [0.3, 0.4) is 0 Å². The molecule has 1 amide bonds. The van der Waals surface area contributed by atoms with Crippen molar-refractivity contribution in [3.63, 3.8) is 0 Å². The van der Waals surface area contributed by atoms with Gasteiger partial charge < -0.3 is 4.74 Å². The summed E-state index contributed by atoms with van der Waals surface area (Å²) in [6.07, 6.45) is 0. The molecule has 1 N–H and O–H groups in total. The summed E-state index contributed by atoms with van der Waals surface area (Å²) in [6.45, 7) is 3.88. The topological polar surface area (TPSA) is 43.3 Å². The Kier molecular flexibility index (Phi) is 3.95. The third kappa shape index (κ3) is 2.81. The number of hydrogen-bond donors (Lipinski definition) is 1. The van der Waals surface area contributed by atoms with Gasteiger partial charge in [0.15, 0.2) is 0 Å². The normalized spacial score (nSPS) is 10.3. The molecule has 0 saturated heterocycles. The summed E-state index contributed by atoms with van der Waals surface area (Å²) >= 11 is 3.37. The van der Waals surface area contributed by atoms with Gasteiger partial charge in [-0.05, 0) is 60.1 Å². The monoisotopic (exact) mass is 322 g/mol. The number of ether oxygens (including phenoxy) is 1. The van der Waals surface area contributed by atoms with Gasteiger partial charge >= 0.3 is 0 Å². The maximum atomic E-state index is 12.2. The first-order chi connectivity index (χ1) is 9.02. The first-order valence-corrected chi connectivity index (χ1v) is 6.62. The zero-order chi connectivity index (χ0) is 14.0. The molecule has 1 aromatic carbocycles. The number of amides is 1. The van der Waals surface area contributed by atoms with Crippen LogP contribution < -0.4 is 10.2 Å². The van der Waals surface area contributed by atoms with Gasteiger partial charge in [0.25, 0.3) is 5.91 Å². The largest absolute Gasteiger partial charge is 0.496 e. The van der Waals surface area contributed by atoms with Gasteiger partial charge in [0.1, 0.15) is 5.75 Å². The Labute approximate surface area is 120 Å². The molecule has 19 heavy (non-hydrogen) atoms. The average molecular weight is 323 g/mol. The Balaban J connectivity index is 2.23. The van der Waals surface area contributed by atoms with Crippen LogP contribution in [-0.2, 0) is 0 Å². The Morgan fingerprint density at radius 2 is 1.84 bits per heavy atom. The summed E-state index contributed by atoms with van der Waals surface area (Å²) in [4.78, 5) is 12.2. The van der Waals surface area contributed by atoms with Crippen molar-refractivity contribution in [2.24, 2.45) is 0 Å². The van der Waals surface area contributed by atoms with Gasteiger partial charge in [-0.3, -0.25) is 14.9 Å². The molecule has 4 nitrogen and oxygen atoms in total. The number of nitrogens with zero attached hydrogens (tertiary/aromatic N) is 1. The standard InChI is InChI=1S/C14H15BrN2O2/c1-9-4-5-10(2)17(9)16-14(18)11-6-7-13(19-3)12(15)8-11/h4-8H,1-3H3,(H,16,18). The highest BCUT2D eigenvalue weighted by molar-refractivity contribution is 9.10. The van der Waals surface area contributed by atoms with Crippen molar-refractivity contribution in [1.82, 2.24) is 4.68 Å². The number of carbonyl (C=O) groups is 1. The number of hydrogen-bond acceptors (Lipinski definition) is 2. The lowest BCUT2D eigenvalue weighted by molar-refractivity contribution is 0.101. The predicted octanol–water partition coefficient (Wildman–Crippen LogP) is 3.26. The van der Waals surface area contributed by atoms with Crippen LogP contribution >= 0.6 is 15.9 Å². The molecule has 0 aliphatic carbocycles. The molecule has 1 aromatic heterocycles. The minimum absolute atomic E-state index is 0.161. The van der Waals surface area contributed by atoms with Crippen LogP contribution in [0.5, 0.6) is 5.75 Å². The van der Waals surface area contributed by atoms with Gasteiger partial charge in [-0.2, -0.15) is 0 Å². The van der Waals surface area contributed by atoms with Crippen molar-refractivity contribution in [2.45, 2.75) is 13.8 Å². The van der Waals surface area contributed by atoms with Crippen LogP contribution in [0.25, 0.3) is 0 Å². The van der Waals surface area contributed by atoms with Crippen LogP contribution in [0.4, 0.5) is 0 Å². The van der Waals surface area contributed by atoms with E-state index >= 15 is 0 Å². The summed E-state index contributed by atoms with van der Waals surface area (Å²) in [5.41, 5.74) is 5.39. The molecular formula is C14H15BrN2O2. The van der Waals surface area contributed by atoms with E-state index in [1.54, 1.807) is 30.0 Å². The molecule has 0 atom stereocenters. The molecule has 100 valence electrons. The van der Waals surface area contributed by atoms with E-state index in [2.05, 4.69) is 21.4 Å². The Bertz CT molecular complexity index is 600. The van der Waals surface area contributed by atoms with Gasteiger partial charge in [-0.15, -0.1) is 0 Å². The summed E-state index contributed by atoms with van der Waals surface area (Å²) in [6, 6.07) is 9.14. The lowest BCUT2D eigenvalue weighted by Crippen LogP contribution is -2.24. The summed E-state index contributed by atoms with van der Waals surface area (Å²) in [7, 11) is 1.59. The third-order valence-corrected chi connectivity index (χ3v) is 3.52. The molecular weight excluding hydrogens is 308 g/mol. The van der Waals surface area contributed by atoms with Crippen molar-refractivity contribution in [1.29, 1.82) is 0 Å².